The summed E-state index contributed by atoms with van der Waals surface area (Å²) in [4.78, 5) is 0. The minimum absolute atomic E-state index is 0.0944. The maximum Gasteiger partial charge on any atom is 0.131 e. The van der Waals surface area contributed by atoms with E-state index in [1.807, 2.05) is 31.2 Å². The summed E-state index contributed by atoms with van der Waals surface area (Å²) in [5.74, 6) is 0.601. The van der Waals surface area contributed by atoms with Gasteiger partial charge < -0.3 is 10.2 Å². The first-order valence-electron chi connectivity index (χ1n) is 6.02. The van der Waals surface area contributed by atoms with E-state index in [1.54, 1.807) is 0 Å². The van der Waals surface area contributed by atoms with Gasteiger partial charge in [0.1, 0.15) is 11.5 Å². The Labute approximate surface area is 109 Å². The van der Waals surface area contributed by atoms with Crippen molar-refractivity contribution in [2.75, 3.05) is 0 Å². The van der Waals surface area contributed by atoms with Crippen LogP contribution in [0.1, 0.15) is 26.3 Å². The molecule has 0 spiro atoms. The molecular weight excluding hydrogens is 243 g/mol. The molecule has 1 atom stereocenters. The predicted molar refractivity (Wildman–Crippen MR) is 79.7 cm³/mol. The number of hydrogen-bond donors (Lipinski definition) is 2. The lowest BCUT2D eigenvalue weighted by Crippen LogP contribution is -2.14. The van der Waals surface area contributed by atoms with E-state index in [0.717, 1.165) is 21.6 Å². The first-order valence-corrected chi connectivity index (χ1v) is 7.02. The highest BCUT2D eigenvalue weighted by Crippen LogP contribution is 2.41. The number of rotatable bonds is 1. The predicted octanol–water partition coefficient (Wildman–Crippen LogP) is 3.66. The van der Waals surface area contributed by atoms with Crippen LogP contribution in [0, 0.1) is 6.92 Å². The highest BCUT2D eigenvalue weighted by molar-refractivity contribution is 7.49. The zero-order valence-electron chi connectivity index (χ0n) is 11.2. The van der Waals surface area contributed by atoms with Crippen LogP contribution < -0.4 is 5.30 Å². The standard InChI is InChI=1S/C15H19O2P/c1-9-12(16)10-7-5-6-8-11(10)13(17)14(9)18-15(2,3)4/h5-8,16-18H,1-4H3. The highest BCUT2D eigenvalue weighted by atomic mass is 31.1. The molecule has 2 aromatic carbocycles. The average Bonchev–Trinajstić information content (AvgIpc) is 2.31. The Morgan fingerprint density at radius 2 is 1.44 bits per heavy atom. The molecular formula is C15H19O2P. The number of phenolic OH excluding ortho intramolecular Hbond substituents is 2. The zero-order chi connectivity index (χ0) is 13.5. The molecule has 18 heavy (non-hydrogen) atoms. The lowest BCUT2D eigenvalue weighted by molar-refractivity contribution is 0.469. The summed E-state index contributed by atoms with van der Waals surface area (Å²) < 4.78 is 0. The smallest absolute Gasteiger partial charge is 0.131 e. The van der Waals surface area contributed by atoms with Crippen LogP contribution in [0.2, 0.25) is 0 Å². The number of hydrogen-bond acceptors (Lipinski definition) is 2. The quantitative estimate of drug-likeness (QED) is 0.608. The van der Waals surface area contributed by atoms with Crippen molar-refractivity contribution in [2.24, 2.45) is 0 Å². The summed E-state index contributed by atoms with van der Waals surface area (Å²) in [7, 11) is 0.461. The van der Waals surface area contributed by atoms with Gasteiger partial charge >= 0.3 is 0 Å². The molecule has 0 aliphatic carbocycles. The fourth-order valence-corrected chi connectivity index (χ4v) is 3.37. The van der Waals surface area contributed by atoms with Crippen molar-refractivity contribution in [3.8, 4) is 11.5 Å². The van der Waals surface area contributed by atoms with Crippen molar-refractivity contribution in [1.29, 1.82) is 0 Å². The van der Waals surface area contributed by atoms with Crippen LogP contribution in [0.15, 0.2) is 24.3 Å². The Bertz CT molecular complexity index is 597. The summed E-state index contributed by atoms with van der Waals surface area (Å²) in [6.45, 7) is 8.28. The summed E-state index contributed by atoms with van der Waals surface area (Å²) in [5.41, 5.74) is 0.791. The first kappa shape index (κ1) is 13.2. The van der Waals surface area contributed by atoms with Gasteiger partial charge in [0.05, 0.1) is 0 Å². The average molecular weight is 262 g/mol. The van der Waals surface area contributed by atoms with Gasteiger partial charge in [-0.15, -0.1) is 0 Å². The maximum atomic E-state index is 10.4. The highest BCUT2D eigenvalue weighted by Gasteiger charge is 2.20. The molecule has 0 saturated carbocycles. The molecule has 0 fully saturated rings. The molecule has 2 nitrogen and oxygen atoms in total. The van der Waals surface area contributed by atoms with Gasteiger partial charge in [0.2, 0.25) is 0 Å². The normalized spacial score (nSPS) is 12.7. The van der Waals surface area contributed by atoms with E-state index >= 15 is 0 Å². The minimum Gasteiger partial charge on any atom is -0.507 e. The van der Waals surface area contributed by atoms with E-state index in [-0.39, 0.29) is 10.9 Å². The fraction of sp³-hybridized carbons (Fsp3) is 0.333. The summed E-state index contributed by atoms with van der Waals surface area (Å²) >= 11 is 0. The third-order valence-corrected chi connectivity index (χ3v) is 4.52. The van der Waals surface area contributed by atoms with Gasteiger partial charge in [0.15, 0.2) is 0 Å². The van der Waals surface area contributed by atoms with Crippen LogP contribution in [-0.4, -0.2) is 15.4 Å². The van der Waals surface area contributed by atoms with Crippen LogP contribution >= 0.6 is 8.58 Å². The van der Waals surface area contributed by atoms with Gasteiger partial charge in [-0.1, -0.05) is 53.6 Å². The first-order chi connectivity index (χ1) is 8.31. The van der Waals surface area contributed by atoms with E-state index in [1.165, 1.54) is 0 Å². The molecule has 0 heterocycles. The number of phenols is 2. The van der Waals surface area contributed by atoms with Crippen molar-refractivity contribution in [3.63, 3.8) is 0 Å². The SMILES string of the molecule is Cc1c(PC(C)(C)C)c(O)c2ccccc2c1O. The molecule has 2 N–H and O–H groups in total. The van der Waals surface area contributed by atoms with Gasteiger partial charge in [-0.05, 0) is 12.1 Å². The van der Waals surface area contributed by atoms with E-state index < -0.39 is 0 Å². The van der Waals surface area contributed by atoms with Crippen LogP contribution in [0.3, 0.4) is 0 Å². The Balaban J connectivity index is 2.75. The van der Waals surface area contributed by atoms with E-state index in [0.29, 0.717) is 14.3 Å². The second-order valence-electron chi connectivity index (χ2n) is 5.62. The van der Waals surface area contributed by atoms with Gasteiger partial charge in [-0.2, -0.15) is 0 Å². The van der Waals surface area contributed by atoms with Gasteiger partial charge in [0.25, 0.3) is 0 Å². The Kier molecular flexibility index (Phi) is 3.25. The Morgan fingerprint density at radius 3 is 1.94 bits per heavy atom. The van der Waals surface area contributed by atoms with E-state index in [2.05, 4.69) is 20.8 Å². The molecule has 0 aliphatic rings. The third-order valence-electron chi connectivity index (χ3n) is 2.90. The van der Waals surface area contributed by atoms with Crippen LogP contribution in [0.25, 0.3) is 10.8 Å². The maximum absolute atomic E-state index is 10.4. The number of aromatic hydroxyl groups is 2. The van der Waals surface area contributed by atoms with Crippen molar-refractivity contribution < 1.29 is 10.2 Å². The summed E-state index contributed by atoms with van der Waals surface area (Å²) in [6, 6.07) is 7.43. The molecule has 0 amide bonds. The van der Waals surface area contributed by atoms with Crippen LogP contribution in [0.5, 0.6) is 11.5 Å². The molecule has 2 aromatic rings. The fourth-order valence-electron chi connectivity index (χ4n) is 2.06. The second-order valence-corrected chi connectivity index (χ2v) is 7.87. The molecule has 2 rings (SSSR count). The van der Waals surface area contributed by atoms with Gasteiger partial charge in [0, 0.05) is 21.6 Å². The summed E-state index contributed by atoms with van der Waals surface area (Å²) in [6.07, 6.45) is 0. The van der Waals surface area contributed by atoms with Gasteiger partial charge in [-0.25, -0.2) is 0 Å². The molecule has 0 bridgehead atoms. The van der Waals surface area contributed by atoms with E-state index in [4.69, 9.17) is 0 Å². The largest absolute Gasteiger partial charge is 0.507 e. The topological polar surface area (TPSA) is 40.5 Å². The van der Waals surface area contributed by atoms with Crippen molar-refractivity contribution in [3.05, 3.63) is 29.8 Å². The minimum atomic E-state index is 0.0944. The lowest BCUT2D eigenvalue weighted by Gasteiger charge is -2.22. The molecule has 0 aliphatic heterocycles. The molecule has 3 heteroatoms. The second kappa shape index (κ2) is 4.44. The molecule has 1 unspecified atom stereocenters. The molecule has 96 valence electrons. The molecule has 0 aromatic heterocycles. The lowest BCUT2D eigenvalue weighted by atomic mass is 10.0. The Morgan fingerprint density at radius 1 is 0.944 bits per heavy atom. The summed E-state index contributed by atoms with van der Waals surface area (Å²) in [5, 5.41) is 23.1. The van der Waals surface area contributed by atoms with E-state index in [9.17, 15) is 10.2 Å². The van der Waals surface area contributed by atoms with Crippen LogP contribution in [0.4, 0.5) is 0 Å². The van der Waals surface area contributed by atoms with Crippen molar-refractivity contribution in [1.82, 2.24) is 0 Å². The van der Waals surface area contributed by atoms with Gasteiger partial charge in [-0.3, -0.25) is 0 Å². The number of fused-ring (bicyclic) bond motifs is 1. The van der Waals surface area contributed by atoms with Crippen molar-refractivity contribution >= 4 is 24.7 Å². The zero-order valence-corrected chi connectivity index (χ0v) is 12.2. The molecule has 0 radical (unpaired) electrons. The van der Waals surface area contributed by atoms with Crippen LogP contribution in [-0.2, 0) is 0 Å². The third kappa shape index (κ3) is 2.30. The monoisotopic (exact) mass is 262 g/mol. The number of benzene rings is 2. The Hall–Kier alpha value is -1.27. The van der Waals surface area contributed by atoms with Crippen molar-refractivity contribution in [2.45, 2.75) is 32.9 Å². The molecule has 0 saturated heterocycles.